The first-order valence-corrected chi connectivity index (χ1v) is 8.17. The Balaban J connectivity index is 2.40. The number of anilines is 1. The van der Waals surface area contributed by atoms with Crippen LogP contribution in [0, 0.1) is 6.92 Å². The molecule has 0 aromatic heterocycles. The second-order valence-electron chi connectivity index (χ2n) is 4.93. The van der Waals surface area contributed by atoms with Crippen molar-refractivity contribution < 1.29 is 8.42 Å². The predicted molar refractivity (Wildman–Crippen MR) is 86.5 cm³/mol. The van der Waals surface area contributed by atoms with Crippen LogP contribution in [0.4, 0.5) is 5.69 Å². The van der Waals surface area contributed by atoms with Crippen LogP contribution >= 0.6 is 0 Å². The minimum Gasteiger partial charge on any atom is -0.370 e. The molecule has 0 atom stereocenters. The van der Waals surface area contributed by atoms with E-state index in [1.807, 2.05) is 31.2 Å². The van der Waals surface area contributed by atoms with Crippen LogP contribution in [0.1, 0.15) is 19.4 Å². The van der Waals surface area contributed by atoms with Gasteiger partial charge in [0.1, 0.15) is 0 Å². The molecule has 21 heavy (non-hydrogen) atoms. The quantitative estimate of drug-likeness (QED) is 0.335. The van der Waals surface area contributed by atoms with E-state index in [4.69, 9.17) is 5.73 Å². The molecule has 0 unspecified atom stereocenters. The average Bonchev–Trinajstić information content (AvgIpc) is 2.33. The van der Waals surface area contributed by atoms with Crippen LogP contribution in [0.2, 0.25) is 0 Å². The van der Waals surface area contributed by atoms with Crippen molar-refractivity contribution in [2.75, 3.05) is 18.4 Å². The van der Waals surface area contributed by atoms with Gasteiger partial charge in [0.2, 0.25) is 0 Å². The Morgan fingerprint density at radius 2 is 2.10 bits per heavy atom. The van der Waals surface area contributed by atoms with Crippen LogP contribution in [0.5, 0.6) is 0 Å². The molecule has 1 rings (SSSR count). The van der Waals surface area contributed by atoms with Crippen molar-refractivity contribution in [2.45, 2.75) is 26.8 Å². The van der Waals surface area contributed by atoms with Crippen molar-refractivity contribution in [2.24, 2.45) is 10.7 Å². The van der Waals surface area contributed by atoms with Gasteiger partial charge in [-0.1, -0.05) is 12.1 Å². The smallest absolute Gasteiger partial charge is 0.277 e. The molecule has 0 radical (unpaired) electrons. The molecule has 1 aromatic rings. The van der Waals surface area contributed by atoms with Crippen LogP contribution in [0.15, 0.2) is 29.3 Å². The van der Waals surface area contributed by atoms with Gasteiger partial charge in [0.05, 0.1) is 6.54 Å². The third-order valence-electron chi connectivity index (χ3n) is 2.37. The highest BCUT2D eigenvalue weighted by molar-refractivity contribution is 7.87. The van der Waals surface area contributed by atoms with Gasteiger partial charge in [-0.3, -0.25) is 4.99 Å². The summed E-state index contributed by atoms with van der Waals surface area (Å²) in [5.74, 6) is 0.247. The molecule has 118 valence electrons. The molecule has 0 saturated carbocycles. The third kappa shape index (κ3) is 7.64. The molecular weight excluding hydrogens is 290 g/mol. The van der Waals surface area contributed by atoms with Gasteiger partial charge in [-0.15, -0.1) is 0 Å². The molecule has 0 fully saturated rings. The number of guanidine groups is 1. The predicted octanol–water partition coefficient (Wildman–Crippen LogP) is 0.554. The molecule has 0 aliphatic rings. The van der Waals surface area contributed by atoms with Gasteiger partial charge in [-0.2, -0.15) is 13.1 Å². The number of hydrogen-bond acceptors (Lipinski definition) is 3. The summed E-state index contributed by atoms with van der Waals surface area (Å²) >= 11 is 0. The normalized spacial score (nSPS) is 12.7. The Morgan fingerprint density at radius 3 is 2.71 bits per heavy atom. The van der Waals surface area contributed by atoms with Gasteiger partial charge in [-0.05, 0) is 38.5 Å². The minimum atomic E-state index is -3.47. The van der Waals surface area contributed by atoms with Crippen LogP contribution < -0.4 is 20.5 Å². The lowest BCUT2D eigenvalue weighted by Gasteiger charge is -2.10. The number of nitrogens with one attached hydrogen (secondary N) is 3. The zero-order valence-corrected chi connectivity index (χ0v) is 13.4. The first kappa shape index (κ1) is 17.4. The highest BCUT2D eigenvalue weighted by atomic mass is 32.2. The molecule has 8 heteroatoms. The molecule has 0 bridgehead atoms. The Labute approximate surface area is 126 Å². The van der Waals surface area contributed by atoms with E-state index in [2.05, 4.69) is 19.8 Å². The molecule has 0 aliphatic carbocycles. The Morgan fingerprint density at radius 1 is 1.38 bits per heavy atom. The molecule has 0 aliphatic heterocycles. The highest BCUT2D eigenvalue weighted by Crippen LogP contribution is 2.08. The minimum absolute atomic E-state index is 0.154. The molecule has 0 amide bonds. The summed E-state index contributed by atoms with van der Waals surface area (Å²) < 4.78 is 27.8. The number of aryl methyl sites for hydroxylation is 1. The Bertz CT molecular complexity index is 584. The number of nitrogens with zero attached hydrogens (tertiary/aromatic N) is 1. The number of aliphatic imine (C=N–C) groups is 1. The van der Waals surface area contributed by atoms with Crippen LogP contribution in [-0.4, -0.2) is 33.5 Å². The number of nitrogens with two attached hydrogens (primary N) is 1. The lowest BCUT2D eigenvalue weighted by molar-refractivity contribution is 0.555. The largest absolute Gasteiger partial charge is 0.370 e. The molecule has 5 N–H and O–H groups in total. The summed E-state index contributed by atoms with van der Waals surface area (Å²) in [6.45, 7) is 5.92. The summed E-state index contributed by atoms with van der Waals surface area (Å²) in [6, 6.07) is 7.56. The van der Waals surface area contributed by atoms with E-state index in [0.717, 1.165) is 11.3 Å². The fourth-order valence-electron chi connectivity index (χ4n) is 1.62. The lowest BCUT2D eigenvalue weighted by atomic mass is 10.2. The lowest BCUT2D eigenvalue weighted by Crippen LogP contribution is -2.41. The van der Waals surface area contributed by atoms with Crippen molar-refractivity contribution in [3.63, 3.8) is 0 Å². The van der Waals surface area contributed by atoms with Gasteiger partial charge >= 0.3 is 0 Å². The Kier molecular flexibility index (Phi) is 6.60. The monoisotopic (exact) mass is 313 g/mol. The van der Waals surface area contributed by atoms with Crippen LogP contribution in [-0.2, 0) is 10.2 Å². The summed E-state index contributed by atoms with van der Waals surface area (Å²) in [6.07, 6.45) is 0. The van der Waals surface area contributed by atoms with Crippen LogP contribution in [0.25, 0.3) is 0 Å². The van der Waals surface area contributed by atoms with Crippen LogP contribution in [0.3, 0.4) is 0 Å². The van der Waals surface area contributed by atoms with Crippen molar-refractivity contribution in [3.05, 3.63) is 29.8 Å². The second kappa shape index (κ2) is 7.96. The van der Waals surface area contributed by atoms with E-state index in [1.165, 1.54) is 0 Å². The van der Waals surface area contributed by atoms with E-state index in [0.29, 0.717) is 0 Å². The first-order chi connectivity index (χ1) is 9.78. The second-order valence-corrected chi connectivity index (χ2v) is 6.46. The van der Waals surface area contributed by atoms with E-state index in [1.54, 1.807) is 13.8 Å². The van der Waals surface area contributed by atoms with Crippen molar-refractivity contribution in [3.8, 4) is 0 Å². The topological polar surface area (TPSA) is 109 Å². The van der Waals surface area contributed by atoms with Gasteiger partial charge in [0, 0.05) is 18.3 Å². The summed E-state index contributed by atoms with van der Waals surface area (Å²) in [5.41, 5.74) is 7.69. The summed E-state index contributed by atoms with van der Waals surface area (Å²) in [7, 11) is -3.47. The highest BCUT2D eigenvalue weighted by Gasteiger charge is 2.09. The molecule has 0 heterocycles. The maximum atomic E-state index is 11.5. The number of hydrogen-bond donors (Lipinski definition) is 4. The first-order valence-electron chi connectivity index (χ1n) is 6.69. The summed E-state index contributed by atoms with van der Waals surface area (Å²) in [4.78, 5) is 4.06. The van der Waals surface area contributed by atoms with Crippen molar-refractivity contribution in [1.82, 2.24) is 9.44 Å². The van der Waals surface area contributed by atoms with Crippen molar-refractivity contribution >= 4 is 21.9 Å². The Hall–Kier alpha value is -1.64. The van der Waals surface area contributed by atoms with Gasteiger partial charge in [-0.25, -0.2) is 4.72 Å². The number of benzene rings is 1. The zero-order valence-electron chi connectivity index (χ0n) is 12.6. The fourth-order valence-corrected chi connectivity index (χ4v) is 2.68. The molecule has 0 saturated heterocycles. The molecule has 7 nitrogen and oxygen atoms in total. The summed E-state index contributed by atoms with van der Waals surface area (Å²) in [5, 5.41) is 2.95. The van der Waals surface area contributed by atoms with E-state index < -0.39 is 10.2 Å². The fraction of sp³-hybridized carbons (Fsp3) is 0.462. The van der Waals surface area contributed by atoms with E-state index in [9.17, 15) is 8.42 Å². The van der Waals surface area contributed by atoms with Crippen molar-refractivity contribution in [1.29, 1.82) is 0 Å². The maximum Gasteiger partial charge on any atom is 0.277 e. The zero-order chi connectivity index (χ0) is 15.9. The van der Waals surface area contributed by atoms with E-state index in [-0.39, 0.29) is 25.1 Å². The molecular formula is C13H23N5O2S. The maximum absolute atomic E-state index is 11.5. The van der Waals surface area contributed by atoms with Gasteiger partial charge in [0.25, 0.3) is 10.2 Å². The molecule has 0 spiro atoms. The standard InChI is InChI=1S/C13H23N5O2S/c1-10(2)18-21(19,20)16-8-7-15-13(14)17-12-6-4-5-11(3)9-12/h4-6,9-10,16,18H,7-8H2,1-3H3,(H3,14,15,17). The SMILES string of the molecule is Cc1cccc(NC(N)=NCCNS(=O)(=O)NC(C)C)c1. The molecule has 1 aromatic carbocycles. The average molecular weight is 313 g/mol. The third-order valence-corrected chi connectivity index (χ3v) is 3.73. The van der Waals surface area contributed by atoms with Gasteiger partial charge in [0.15, 0.2) is 5.96 Å². The van der Waals surface area contributed by atoms with E-state index >= 15 is 0 Å². The number of rotatable bonds is 7. The van der Waals surface area contributed by atoms with Gasteiger partial charge < -0.3 is 11.1 Å².